The van der Waals surface area contributed by atoms with Crippen molar-refractivity contribution in [1.82, 2.24) is 10.2 Å². The number of carbonyl (C=O) groups excluding carboxylic acids is 2. The molecular formula is C29H34FN3O4S. The number of anilines is 1. The van der Waals surface area contributed by atoms with Gasteiger partial charge in [0.25, 0.3) is 10.0 Å². The Morgan fingerprint density at radius 3 is 2.08 bits per heavy atom. The summed E-state index contributed by atoms with van der Waals surface area (Å²) in [5.74, 6) is -1.22. The summed E-state index contributed by atoms with van der Waals surface area (Å²) in [5, 5.41) is 2.86. The maximum atomic E-state index is 13.8. The van der Waals surface area contributed by atoms with Gasteiger partial charge in [-0.3, -0.25) is 13.9 Å². The second kappa shape index (κ2) is 12.7. The van der Waals surface area contributed by atoms with Crippen LogP contribution in [-0.2, 0) is 26.2 Å². The highest BCUT2D eigenvalue weighted by Gasteiger charge is 2.32. The second-order valence-electron chi connectivity index (χ2n) is 9.62. The van der Waals surface area contributed by atoms with Crippen molar-refractivity contribution >= 4 is 27.5 Å². The van der Waals surface area contributed by atoms with E-state index >= 15 is 0 Å². The molecule has 0 spiro atoms. The van der Waals surface area contributed by atoms with Crippen LogP contribution in [0.3, 0.4) is 0 Å². The third-order valence-electron chi connectivity index (χ3n) is 6.05. The summed E-state index contributed by atoms with van der Waals surface area (Å²) >= 11 is 0. The lowest BCUT2D eigenvalue weighted by molar-refractivity contribution is -0.139. The number of aryl methyl sites for hydroxylation is 1. The number of hydrogen-bond acceptors (Lipinski definition) is 4. The normalized spacial score (nSPS) is 12.2. The van der Waals surface area contributed by atoms with Gasteiger partial charge in [0.2, 0.25) is 11.8 Å². The van der Waals surface area contributed by atoms with E-state index in [1.165, 1.54) is 4.90 Å². The van der Waals surface area contributed by atoms with Gasteiger partial charge < -0.3 is 10.2 Å². The molecule has 9 heteroatoms. The summed E-state index contributed by atoms with van der Waals surface area (Å²) in [4.78, 5) is 28.0. The van der Waals surface area contributed by atoms with E-state index in [1.807, 2.05) is 45.0 Å². The third-order valence-corrected chi connectivity index (χ3v) is 7.84. The van der Waals surface area contributed by atoms with Crippen LogP contribution in [0, 0.1) is 18.7 Å². The molecule has 0 saturated heterocycles. The van der Waals surface area contributed by atoms with E-state index in [-0.39, 0.29) is 29.0 Å². The van der Waals surface area contributed by atoms with Crippen molar-refractivity contribution in [1.29, 1.82) is 0 Å². The van der Waals surface area contributed by atoms with Crippen LogP contribution in [0.4, 0.5) is 10.1 Å². The Morgan fingerprint density at radius 2 is 1.50 bits per heavy atom. The zero-order valence-corrected chi connectivity index (χ0v) is 22.9. The molecule has 3 rings (SSSR count). The van der Waals surface area contributed by atoms with Gasteiger partial charge in [0.05, 0.1) is 10.6 Å². The molecule has 0 bridgehead atoms. The largest absolute Gasteiger partial charge is 0.354 e. The molecule has 0 aliphatic heterocycles. The maximum Gasteiger partial charge on any atom is 0.264 e. The monoisotopic (exact) mass is 539 g/mol. The number of hydrogen-bond donors (Lipinski definition) is 1. The fourth-order valence-corrected chi connectivity index (χ4v) is 5.20. The fourth-order valence-electron chi connectivity index (χ4n) is 3.78. The van der Waals surface area contributed by atoms with Gasteiger partial charge in [-0.25, -0.2) is 12.8 Å². The number of amides is 2. The molecule has 3 aromatic rings. The van der Waals surface area contributed by atoms with Crippen LogP contribution in [0.25, 0.3) is 0 Å². The number of benzene rings is 3. The number of nitrogens with one attached hydrogen (secondary N) is 1. The minimum atomic E-state index is -4.23. The summed E-state index contributed by atoms with van der Waals surface area (Å²) < 4.78 is 41.8. The lowest BCUT2D eigenvalue weighted by Gasteiger charge is -2.32. The molecule has 0 aliphatic carbocycles. The molecular weight excluding hydrogens is 505 g/mol. The molecule has 0 saturated carbocycles. The topological polar surface area (TPSA) is 86.8 Å². The summed E-state index contributed by atoms with van der Waals surface area (Å²) in [6.07, 6.45) is 0. The average molecular weight is 540 g/mol. The SMILES string of the molecule is Cc1ccc(CN(C(=O)CN(c2ccccc2)S(=O)(=O)c2ccc(F)cc2)[C@@H](C)C(=O)NCC(C)C)cc1. The van der Waals surface area contributed by atoms with Gasteiger partial charge in [0.15, 0.2) is 0 Å². The molecule has 2 amide bonds. The van der Waals surface area contributed by atoms with E-state index in [4.69, 9.17) is 0 Å². The molecule has 1 N–H and O–H groups in total. The highest BCUT2D eigenvalue weighted by Crippen LogP contribution is 2.24. The summed E-state index contributed by atoms with van der Waals surface area (Å²) in [5.41, 5.74) is 2.13. The van der Waals surface area contributed by atoms with Crippen molar-refractivity contribution in [3.05, 3.63) is 95.8 Å². The molecule has 0 radical (unpaired) electrons. The minimum Gasteiger partial charge on any atom is -0.354 e. The third kappa shape index (κ3) is 7.41. The van der Waals surface area contributed by atoms with Gasteiger partial charge in [-0.2, -0.15) is 0 Å². The quantitative estimate of drug-likeness (QED) is 0.388. The molecule has 0 unspecified atom stereocenters. The number of nitrogens with zero attached hydrogens (tertiary/aromatic N) is 2. The Kier molecular flexibility index (Phi) is 9.63. The molecule has 202 valence electrons. The number of halogens is 1. The molecule has 3 aromatic carbocycles. The molecule has 0 fully saturated rings. The van der Waals surface area contributed by atoms with Crippen LogP contribution in [0.1, 0.15) is 31.9 Å². The Morgan fingerprint density at radius 1 is 0.895 bits per heavy atom. The predicted molar refractivity (Wildman–Crippen MR) is 146 cm³/mol. The first-order valence-electron chi connectivity index (χ1n) is 12.4. The number of carbonyl (C=O) groups is 2. The fraction of sp³-hybridized carbons (Fsp3) is 0.310. The first kappa shape index (κ1) is 28.8. The number of para-hydroxylation sites is 1. The molecule has 7 nitrogen and oxygen atoms in total. The van der Waals surface area contributed by atoms with Gasteiger partial charge in [-0.15, -0.1) is 0 Å². The van der Waals surface area contributed by atoms with Crippen LogP contribution in [0.15, 0.2) is 83.8 Å². The highest BCUT2D eigenvalue weighted by atomic mass is 32.2. The first-order chi connectivity index (χ1) is 18.0. The zero-order valence-electron chi connectivity index (χ0n) is 22.1. The van der Waals surface area contributed by atoms with Gasteiger partial charge in [0, 0.05) is 13.1 Å². The Labute approximate surface area is 224 Å². The first-order valence-corrected chi connectivity index (χ1v) is 13.9. The van der Waals surface area contributed by atoms with Gasteiger partial charge in [0.1, 0.15) is 18.4 Å². The average Bonchev–Trinajstić information content (AvgIpc) is 2.90. The Balaban J connectivity index is 1.97. The summed E-state index contributed by atoms with van der Waals surface area (Å²) in [7, 11) is -4.23. The Hall–Kier alpha value is -3.72. The lowest BCUT2D eigenvalue weighted by Crippen LogP contribution is -2.51. The van der Waals surface area contributed by atoms with Crippen LogP contribution in [0.2, 0.25) is 0 Å². The molecule has 0 aliphatic rings. The summed E-state index contributed by atoms with van der Waals surface area (Å²) in [6, 6.07) is 19.4. The van der Waals surface area contributed by atoms with Crippen LogP contribution < -0.4 is 9.62 Å². The minimum absolute atomic E-state index is 0.120. The van der Waals surface area contributed by atoms with Gasteiger partial charge in [-0.1, -0.05) is 61.9 Å². The van der Waals surface area contributed by atoms with Crippen LogP contribution >= 0.6 is 0 Å². The van der Waals surface area contributed by atoms with Gasteiger partial charge in [-0.05, 0) is 61.7 Å². The maximum absolute atomic E-state index is 13.8. The van der Waals surface area contributed by atoms with Crippen molar-refractivity contribution in [2.45, 2.75) is 45.2 Å². The van der Waals surface area contributed by atoms with Gasteiger partial charge >= 0.3 is 0 Å². The van der Waals surface area contributed by atoms with Crippen molar-refractivity contribution in [3.63, 3.8) is 0 Å². The zero-order chi connectivity index (χ0) is 27.9. The van der Waals surface area contributed by atoms with E-state index in [0.29, 0.717) is 6.54 Å². The predicted octanol–water partition coefficient (Wildman–Crippen LogP) is 4.52. The molecule has 1 atom stereocenters. The second-order valence-corrected chi connectivity index (χ2v) is 11.5. The molecule has 0 aromatic heterocycles. The standard InChI is InChI=1S/C29H34FN3O4S/c1-21(2)18-31-29(35)23(4)32(19-24-12-10-22(3)11-13-24)28(34)20-33(26-8-6-5-7-9-26)38(36,37)27-16-14-25(30)15-17-27/h5-17,21,23H,18-20H2,1-4H3,(H,31,35)/t23-/m0/s1. The van der Waals surface area contributed by atoms with Crippen molar-refractivity contribution < 1.29 is 22.4 Å². The van der Waals surface area contributed by atoms with E-state index in [0.717, 1.165) is 39.7 Å². The smallest absolute Gasteiger partial charge is 0.264 e. The van der Waals surface area contributed by atoms with Crippen molar-refractivity contribution in [2.75, 3.05) is 17.4 Å². The lowest BCUT2D eigenvalue weighted by atomic mass is 10.1. The summed E-state index contributed by atoms with van der Waals surface area (Å²) in [6.45, 7) is 7.54. The van der Waals surface area contributed by atoms with E-state index in [2.05, 4.69) is 5.32 Å². The Bertz CT molecular complexity index is 1330. The van der Waals surface area contributed by atoms with Crippen molar-refractivity contribution in [2.24, 2.45) is 5.92 Å². The van der Waals surface area contributed by atoms with Crippen molar-refractivity contribution in [3.8, 4) is 0 Å². The molecule has 38 heavy (non-hydrogen) atoms. The number of sulfonamides is 1. The van der Waals surface area contributed by atoms with E-state index in [1.54, 1.807) is 37.3 Å². The van der Waals surface area contributed by atoms with E-state index in [9.17, 15) is 22.4 Å². The number of rotatable bonds is 11. The van der Waals surface area contributed by atoms with E-state index < -0.39 is 34.3 Å². The van der Waals surface area contributed by atoms with Crippen LogP contribution in [-0.4, -0.2) is 44.3 Å². The van der Waals surface area contributed by atoms with Crippen LogP contribution in [0.5, 0.6) is 0 Å². The highest BCUT2D eigenvalue weighted by molar-refractivity contribution is 7.92. The molecule has 0 heterocycles.